The van der Waals surface area contributed by atoms with Crippen molar-refractivity contribution in [3.63, 3.8) is 0 Å². The van der Waals surface area contributed by atoms with E-state index in [0.717, 1.165) is 49.6 Å². The number of carbonyl (C=O) groups is 1. The fourth-order valence-electron chi connectivity index (χ4n) is 4.34. The highest BCUT2D eigenvalue weighted by molar-refractivity contribution is 7.18. The number of thiazole rings is 1. The Morgan fingerprint density at radius 2 is 1.97 bits per heavy atom. The maximum Gasteiger partial charge on any atom is 0.258 e. The Labute approximate surface area is 174 Å². The van der Waals surface area contributed by atoms with Crippen LogP contribution in [0.1, 0.15) is 40.7 Å². The van der Waals surface area contributed by atoms with Crippen LogP contribution in [0.5, 0.6) is 5.75 Å². The monoisotopic (exact) mass is 408 g/mol. The summed E-state index contributed by atoms with van der Waals surface area (Å²) < 4.78 is 7.28. The highest BCUT2D eigenvalue weighted by atomic mass is 32.1. The average molecular weight is 409 g/mol. The summed E-state index contributed by atoms with van der Waals surface area (Å²) in [5, 5.41) is 1.18. The zero-order valence-corrected chi connectivity index (χ0v) is 17.7. The smallest absolute Gasteiger partial charge is 0.258 e. The van der Waals surface area contributed by atoms with Gasteiger partial charge in [0.1, 0.15) is 23.4 Å². The van der Waals surface area contributed by atoms with E-state index in [-0.39, 0.29) is 12.0 Å². The topological polar surface area (TPSA) is 46.9 Å². The first-order chi connectivity index (χ1) is 14.1. The van der Waals surface area contributed by atoms with Gasteiger partial charge in [0.2, 0.25) is 0 Å². The second-order valence-electron chi connectivity index (χ2n) is 8.13. The third-order valence-corrected chi connectivity index (χ3v) is 7.31. The number of hydrogen-bond acceptors (Lipinski definition) is 4. The van der Waals surface area contributed by atoms with Crippen molar-refractivity contribution in [1.82, 2.24) is 9.88 Å². The van der Waals surface area contributed by atoms with Crippen molar-refractivity contribution >= 4 is 27.5 Å². The molecule has 0 saturated carbocycles. The van der Waals surface area contributed by atoms with Crippen LogP contribution >= 0.6 is 11.3 Å². The molecule has 1 aromatic heterocycles. The maximum absolute atomic E-state index is 13.2. The van der Waals surface area contributed by atoms with Gasteiger partial charge in [-0.25, -0.2) is 4.98 Å². The number of nitrogens with one attached hydrogen (secondary N) is 1. The van der Waals surface area contributed by atoms with Gasteiger partial charge >= 0.3 is 0 Å². The molecule has 1 N–H and O–H groups in total. The highest BCUT2D eigenvalue weighted by Gasteiger charge is 2.33. The van der Waals surface area contributed by atoms with Crippen LogP contribution in [0.15, 0.2) is 42.5 Å². The molecule has 1 saturated heterocycles. The SMILES string of the molecule is C[C@@H]1Oc2c(C(=O)N3CC[NH+](Cc4nc5ccccc5s4)CC3)cccc2[C@H]1C. The zero-order chi connectivity index (χ0) is 20.0. The molecule has 0 unspecified atom stereocenters. The lowest BCUT2D eigenvalue weighted by atomic mass is 9.96. The molecule has 6 heteroatoms. The lowest BCUT2D eigenvalue weighted by Gasteiger charge is -2.32. The number of piperazine rings is 1. The summed E-state index contributed by atoms with van der Waals surface area (Å²) >= 11 is 1.78. The molecule has 0 bridgehead atoms. The molecule has 0 radical (unpaired) electrons. The Kier molecular flexibility index (Phi) is 4.76. The van der Waals surface area contributed by atoms with E-state index in [2.05, 4.69) is 38.1 Å². The number of carbonyl (C=O) groups excluding carboxylic acids is 1. The first kappa shape index (κ1) is 18.6. The Hall–Kier alpha value is -2.44. The van der Waals surface area contributed by atoms with Gasteiger partial charge in [-0.15, -0.1) is 11.3 Å². The molecular formula is C23H26N3O2S+. The minimum absolute atomic E-state index is 0.0992. The van der Waals surface area contributed by atoms with Crippen molar-refractivity contribution in [2.75, 3.05) is 26.2 Å². The minimum Gasteiger partial charge on any atom is -0.489 e. The number of rotatable bonds is 3. The number of benzene rings is 2. The van der Waals surface area contributed by atoms with Gasteiger partial charge in [-0.3, -0.25) is 4.79 Å². The summed E-state index contributed by atoms with van der Waals surface area (Å²) in [6, 6.07) is 14.3. The molecule has 2 aromatic carbocycles. The Morgan fingerprint density at radius 3 is 2.76 bits per heavy atom. The molecule has 0 aliphatic carbocycles. The van der Waals surface area contributed by atoms with E-state index in [4.69, 9.17) is 9.72 Å². The Morgan fingerprint density at radius 1 is 1.17 bits per heavy atom. The largest absolute Gasteiger partial charge is 0.489 e. The molecule has 5 nitrogen and oxygen atoms in total. The molecule has 2 atom stereocenters. The zero-order valence-electron chi connectivity index (χ0n) is 16.9. The molecule has 1 amide bonds. The number of hydrogen-bond donors (Lipinski definition) is 1. The molecule has 150 valence electrons. The number of quaternary nitrogens is 1. The first-order valence-corrected chi connectivity index (χ1v) is 11.2. The lowest BCUT2D eigenvalue weighted by Crippen LogP contribution is -3.13. The highest BCUT2D eigenvalue weighted by Crippen LogP contribution is 2.40. The normalized spacial score (nSPS) is 21.9. The molecule has 2 aliphatic rings. The van der Waals surface area contributed by atoms with Crippen molar-refractivity contribution in [2.45, 2.75) is 32.4 Å². The molecule has 3 aromatic rings. The lowest BCUT2D eigenvalue weighted by molar-refractivity contribution is -0.917. The van der Waals surface area contributed by atoms with Crippen LogP contribution in [0.25, 0.3) is 10.2 Å². The van der Waals surface area contributed by atoms with Gasteiger partial charge in [-0.2, -0.15) is 0 Å². The van der Waals surface area contributed by atoms with Gasteiger partial charge in [-0.1, -0.05) is 31.2 Å². The van der Waals surface area contributed by atoms with Gasteiger partial charge in [0.15, 0.2) is 0 Å². The van der Waals surface area contributed by atoms with Crippen LogP contribution in [0.4, 0.5) is 0 Å². The van der Waals surface area contributed by atoms with Crippen molar-refractivity contribution in [3.8, 4) is 5.75 Å². The second-order valence-corrected chi connectivity index (χ2v) is 9.25. The quantitative estimate of drug-likeness (QED) is 0.725. The van der Waals surface area contributed by atoms with Crippen LogP contribution in [0.3, 0.4) is 0 Å². The number of para-hydroxylation sites is 2. The third-order valence-electron chi connectivity index (χ3n) is 6.27. The van der Waals surface area contributed by atoms with Crippen LogP contribution in [0.2, 0.25) is 0 Å². The van der Waals surface area contributed by atoms with Gasteiger partial charge in [0.05, 0.1) is 42.0 Å². The average Bonchev–Trinajstić information content (AvgIpc) is 3.28. The molecule has 1 fully saturated rings. The summed E-state index contributed by atoms with van der Waals surface area (Å²) in [5.74, 6) is 1.22. The number of nitrogens with zero attached hydrogens (tertiary/aromatic N) is 2. The van der Waals surface area contributed by atoms with Crippen molar-refractivity contribution in [3.05, 3.63) is 58.6 Å². The standard InChI is InChI=1S/C23H25N3O2S/c1-15-16(2)28-22-17(15)6-5-7-18(22)23(27)26-12-10-25(11-13-26)14-21-24-19-8-3-4-9-20(19)29-21/h3-9,15-16H,10-14H2,1-2H3/p+1/t15-,16-/m0/s1. The Bertz CT molecular complexity index is 1020. The number of ether oxygens (including phenoxy) is 1. The van der Waals surface area contributed by atoms with E-state index < -0.39 is 0 Å². The van der Waals surface area contributed by atoms with Crippen molar-refractivity contribution in [1.29, 1.82) is 0 Å². The Balaban J connectivity index is 1.25. The molecule has 2 aliphatic heterocycles. The molecule has 29 heavy (non-hydrogen) atoms. The summed E-state index contributed by atoms with van der Waals surface area (Å²) in [4.78, 5) is 21.4. The van der Waals surface area contributed by atoms with Crippen LogP contribution in [-0.4, -0.2) is 48.1 Å². The van der Waals surface area contributed by atoms with Gasteiger partial charge in [-0.05, 0) is 25.1 Å². The number of amides is 1. The molecular weight excluding hydrogens is 382 g/mol. The maximum atomic E-state index is 13.2. The van der Waals surface area contributed by atoms with Gasteiger partial charge in [0, 0.05) is 11.5 Å². The number of aromatic nitrogens is 1. The van der Waals surface area contributed by atoms with E-state index in [0.29, 0.717) is 11.5 Å². The van der Waals surface area contributed by atoms with Crippen molar-refractivity contribution in [2.24, 2.45) is 0 Å². The van der Waals surface area contributed by atoms with E-state index >= 15 is 0 Å². The fourth-order valence-corrected chi connectivity index (χ4v) is 5.38. The number of fused-ring (bicyclic) bond motifs is 2. The summed E-state index contributed by atoms with van der Waals surface area (Å²) in [5.41, 5.74) is 2.96. The van der Waals surface area contributed by atoms with E-state index in [9.17, 15) is 4.79 Å². The first-order valence-electron chi connectivity index (χ1n) is 10.4. The van der Waals surface area contributed by atoms with E-state index in [1.165, 1.54) is 14.6 Å². The molecule has 3 heterocycles. The van der Waals surface area contributed by atoms with Gasteiger partial charge in [0.25, 0.3) is 5.91 Å². The predicted octanol–water partition coefficient (Wildman–Crippen LogP) is 2.72. The predicted molar refractivity (Wildman–Crippen MR) is 115 cm³/mol. The van der Waals surface area contributed by atoms with Crippen LogP contribution in [0, 0.1) is 0 Å². The second kappa shape index (κ2) is 7.43. The van der Waals surface area contributed by atoms with Crippen LogP contribution < -0.4 is 9.64 Å². The summed E-state index contributed by atoms with van der Waals surface area (Å²) in [7, 11) is 0. The molecule has 0 spiro atoms. The van der Waals surface area contributed by atoms with Crippen LogP contribution in [-0.2, 0) is 6.54 Å². The van der Waals surface area contributed by atoms with E-state index in [1.54, 1.807) is 11.3 Å². The summed E-state index contributed by atoms with van der Waals surface area (Å²) in [6.45, 7) is 8.61. The fraction of sp³-hybridized carbons (Fsp3) is 0.391. The van der Waals surface area contributed by atoms with E-state index in [1.807, 2.05) is 23.1 Å². The minimum atomic E-state index is 0.0992. The summed E-state index contributed by atoms with van der Waals surface area (Å²) in [6.07, 6.45) is 0.119. The third kappa shape index (κ3) is 3.40. The van der Waals surface area contributed by atoms with Crippen molar-refractivity contribution < 1.29 is 14.4 Å². The molecule has 5 rings (SSSR count). The van der Waals surface area contributed by atoms with Gasteiger partial charge < -0.3 is 14.5 Å².